The fraction of sp³-hybridized carbons (Fsp3) is 0.632. The summed E-state index contributed by atoms with van der Waals surface area (Å²) >= 11 is 0. The molecule has 2 fully saturated rings. The lowest BCUT2D eigenvalue weighted by Crippen LogP contribution is -2.33. The number of fused-ring (bicyclic) bond motifs is 1. The zero-order valence-electron chi connectivity index (χ0n) is 15.0. The molecule has 2 saturated heterocycles. The van der Waals surface area contributed by atoms with Crippen molar-refractivity contribution in [3.8, 4) is 0 Å². The number of hydrogen-bond donors (Lipinski definition) is 0. The Morgan fingerprint density at radius 3 is 2.32 bits per heavy atom. The number of rotatable bonds is 2. The number of amides is 1. The molecule has 0 atom stereocenters. The average Bonchev–Trinajstić information content (AvgIpc) is 2.82. The summed E-state index contributed by atoms with van der Waals surface area (Å²) in [6.45, 7) is 5.49. The van der Waals surface area contributed by atoms with Crippen LogP contribution in [-0.4, -0.2) is 47.0 Å². The molecular formula is C19H26N4O2. The van der Waals surface area contributed by atoms with Gasteiger partial charge in [0.1, 0.15) is 17.9 Å². The van der Waals surface area contributed by atoms with Crippen molar-refractivity contribution in [3.05, 3.63) is 17.7 Å². The SMILES string of the molecule is Cc1oc2ncnc(N3CCCCC3)c2c1C(=O)N1CCCCCC1. The summed E-state index contributed by atoms with van der Waals surface area (Å²) < 4.78 is 5.85. The second kappa shape index (κ2) is 7.02. The molecule has 2 aromatic heterocycles. The molecule has 0 N–H and O–H groups in total. The number of nitrogens with zero attached hydrogens (tertiary/aromatic N) is 4. The van der Waals surface area contributed by atoms with Gasteiger partial charge in [0.2, 0.25) is 5.71 Å². The minimum Gasteiger partial charge on any atom is -0.442 e. The van der Waals surface area contributed by atoms with E-state index in [1.165, 1.54) is 19.3 Å². The van der Waals surface area contributed by atoms with Gasteiger partial charge in [-0.15, -0.1) is 0 Å². The molecule has 0 bridgehead atoms. The number of hydrogen-bond acceptors (Lipinski definition) is 5. The number of piperidine rings is 1. The largest absolute Gasteiger partial charge is 0.442 e. The first kappa shape index (κ1) is 16.4. The number of aromatic nitrogens is 2. The van der Waals surface area contributed by atoms with E-state index in [9.17, 15) is 4.79 Å². The molecule has 2 aliphatic rings. The third-order valence-corrected chi connectivity index (χ3v) is 5.41. The van der Waals surface area contributed by atoms with Gasteiger partial charge in [-0.1, -0.05) is 12.8 Å². The van der Waals surface area contributed by atoms with E-state index in [2.05, 4.69) is 14.9 Å². The van der Waals surface area contributed by atoms with Gasteiger partial charge in [-0.25, -0.2) is 9.97 Å². The molecule has 4 heterocycles. The van der Waals surface area contributed by atoms with E-state index >= 15 is 0 Å². The van der Waals surface area contributed by atoms with Crippen molar-refractivity contribution in [1.82, 2.24) is 14.9 Å². The highest BCUT2D eigenvalue weighted by Crippen LogP contribution is 2.33. The summed E-state index contributed by atoms with van der Waals surface area (Å²) in [6, 6.07) is 0. The third kappa shape index (κ3) is 3.10. The first-order chi connectivity index (χ1) is 12.3. The standard InChI is InChI=1S/C19H26N4O2/c1-14-15(19(24)23-11-5-2-3-6-12-23)16-17(20-13-21-18(16)25-14)22-9-7-4-8-10-22/h13H,2-12H2,1H3. The Morgan fingerprint density at radius 1 is 0.960 bits per heavy atom. The molecule has 2 aliphatic heterocycles. The zero-order chi connectivity index (χ0) is 17.2. The number of aryl methyl sites for hydroxylation is 1. The average molecular weight is 342 g/mol. The quantitative estimate of drug-likeness (QED) is 0.835. The minimum atomic E-state index is 0.0752. The van der Waals surface area contributed by atoms with Gasteiger partial charge in [0.05, 0.1) is 10.9 Å². The van der Waals surface area contributed by atoms with Crippen LogP contribution >= 0.6 is 0 Å². The molecule has 6 nitrogen and oxygen atoms in total. The maximum absolute atomic E-state index is 13.3. The van der Waals surface area contributed by atoms with Crippen LogP contribution in [0.1, 0.15) is 61.1 Å². The molecule has 0 aromatic carbocycles. The molecule has 6 heteroatoms. The Balaban J connectivity index is 1.77. The molecular weight excluding hydrogens is 316 g/mol. The molecule has 2 aromatic rings. The number of carbonyl (C=O) groups excluding carboxylic acids is 1. The predicted molar refractivity (Wildman–Crippen MR) is 97.0 cm³/mol. The van der Waals surface area contributed by atoms with Crippen LogP contribution in [0.5, 0.6) is 0 Å². The Bertz CT molecular complexity index is 756. The smallest absolute Gasteiger partial charge is 0.258 e. The summed E-state index contributed by atoms with van der Waals surface area (Å²) in [5, 5.41) is 0.802. The second-order valence-corrected chi connectivity index (χ2v) is 7.16. The molecule has 4 rings (SSSR count). The van der Waals surface area contributed by atoms with Crippen molar-refractivity contribution in [1.29, 1.82) is 0 Å². The van der Waals surface area contributed by atoms with Crippen LogP contribution < -0.4 is 4.90 Å². The number of likely N-dealkylation sites (tertiary alicyclic amines) is 1. The number of furan rings is 1. The summed E-state index contributed by atoms with van der Waals surface area (Å²) in [5.41, 5.74) is 1.20. The predicted octanol–water partition coefficient (Wildman–Crippen LogP) is 3.54. The Labute approximate surface area is 148 Å². The normalized spacial score (nSPS) is 19.2. The van der Waals surface area contributed by atoms with Gasteiger partial charge in [0.25, 0.3) is 5.91 Å². The molecule has 0 saturated carbocycles. The lowest BCUT2D eigenvalue weighted by molar-refractivity contribution is 0.0761. The monoisotopic (exact) mass is 342 g/mol. The van der Waals surface area contributed by atoms with Gasteiger partial charge in [0, 0.05) is 26.2 Å². The van der Waals surface area contributed by atoms with E-state index in [-0.39, 0.29) is 5.91 Å². The highest BCUT2D eigenvalue weighted by atomic mass is 16.3. The van der Waals surface area contributed by atoms with Crippen molar-refractivity contribution in [2.75, 3.05) is 31.1 Å². The van der Waals surface area contributed by atoms with Gasteiger partial charge in [-0.2, -0.15) is 0 Å². The number of anilines is 1. The molecule has 25 heavy (non-hydrogen) atoms. The third-order valence-electron chi connectivity index (χ3n) is 5.41. The van der Waals surface area contributed by atoms with E-state index < -0.39 is 0 Å². The van der Waals surface area contributed by atoms with E-state index in [1.807, 2.05) is 11.8 Å². The van der Waals surface area contributed by atoms with Crippen LogP contribution in [0, 0.1) is 6.92 Å². The first-order valence-electron chi connectivity index (χ1n) is 9.54. The fourth-order valence-corrected chi connectivity index (χ4v) is 4.06. The van der Waals surface area contributed by atoms with E-state index in [1.54, 1.807) is 6.33 Å². The van der Waals surface area contributed by atoms with Crippen molar-refractivity contribution in [2.24, 2.45) is 0 Å². The van der Waals surface area contributed by atoms with Gasteiger partial charge in [-0.3, -0.25) is 4.79 Å². The maximum atomic E-state index is 13.3. The molecule has 0 radical (unpaired) electrons. The topological polar surface area (TPSA) is 62.5 Å². The summed E-state index contributed by atoms with van der Waals surface area (Å²) in [4.78, 5) is 26.4. The van der Waals surface area contributed by atoms with Crippen LogP contribution in [0.3, 0.4) is 0 Å². The Kier molecular flexibility index (Phi) is 4.59. The van der Waals surface area contributed by atoms with E-state index in [0.717, 1.165) is 63.1 Å². The van der Waals surface area contributed by atoms with Crippen LogP contribution in [0.4, 0.5) is 5.82 Å². The molecule has 134 valence electrons. The summed E-state index contributed by atoms with van der Waals surface area (Å²) in [6.07, 6.45) is 9.71. The first-order valence-corrected chi connectivity index (χ1v) is 9.54. The highest BCUT2D eigenvalue weighted by molar-refractivity contribution is 6.10. The fourth-order valence-electron chi connectivity index (χ4n) is 4.06. The molecule has 0 unspecified atom stereocenters. The van der Waals surface area contributed by atoms with Gasteiger partial charge in [-0.05, 0) is 39.0 Å². The van der Waals surface area contributed by atoms with Crippen LogP contribution in [0.25, 0.3) is 11.1 Å². The summed E-state index contributed by atoms with van der Waals surface area (Å²) in [5.74, 6) is 1.59. The molecule has 0 aliphatic carbocycles. The van der Waals surface area contributed by atoms with Gasteiger partial charge >= 0.3 is 0 Å². The van der Waals surface area contributed by atoms with Crippen molar-refractivity contribution >= 4 is 22.8 Å². The molecule has 1 amide bonds. The lowest BCUT2D eigenvalue weighted by Gasteiger charge is -2.28. The Morgan fingerprint density at radius 2 is 1.60 bits per heavy atom. The maximum Gasteiger partial charge on any atom is 0.258 e. The van der Waals surface area contributed by atoms with Gasteiger partial charge in [0.15, 0.2) is 0 Å². The minimum absolute atomic E-state index is 0.0752. The van der Waals surface area contributed by atoms with Crippen LogP contribution in [-0.2, 0) is 0 Å². The number of carbonyl (C=O) groups is 1. The van der Waals surface area contributed by atoms with Crippen LogP contribution in [0.2, 0.25) is 0 Å². The molecule has 0 spiro atoms. The van der Waals surface area contributed by atoms with Gasteiger partial charge < -0.3 is 14.2 Å². The summed E-state index contributed by atoms with van der Waals surface area (Å²) in [7, 11) is 0. The van der Waals surface area contributed by atoms with Crippen molar-refractivity contribution < 1.29 is 9.21 Å². The zero-order valence-corrected chi connectivity index (χ0v) is 15.0. The Hall–Kier alpha value is -2.11. The van der Waals surface area contributed by atoms with Crippen LogP contribution in [0.15, 0.2) is 10.7 Å². The van der Waals surface area contributed by atoms with E-state index in [0.29, 0.717) is 17.0 Å². The highest BCUT2D eigenvalue weighted by Gasteiger charge is 2.28. The second-order valence-electron chi connectivity index (χ2n) is 7.16. The lowest BCUT2D eigenvalue weighted by atomic mass is 10.1. The van der Waals surface area contributed by atoms with Crippen molar-refractivity contribution in [2.45, 2.75) is 51.9 Å². The van der Waals surface area contributed by atoms with Crippen molar-refractivity contribution in [3.63, 3.8) is 0 Å². The van der Waals surface area contributed by atoms with E-state index in [4.69, 9.17) is 4.42 Å².